The summed E-state index contributed by atoms with van der Waals surface area (Å²) in [6, 6.07) is 1.03. The third kappa shape index (κ3) is 2.80. The predicted octanol–water partition coefficient (Wildman–Crippen LogP) is 2.99. The lowest BCUT2D eigenvalue weighted by atomic mass is 9.78. The first-order valence-corrected chi connectivity index (χ1v) is 9.71. The smallest absolute Gasteiger partial charge is 0.381 e. The van der Waals surface area contributed by atoms with Crippen molar-refractivity contribution >= 4 is 23.5 Å². The number of alkyl halides is 6. The van der Waals surface area contributed by atoms with Gasteiger partial charge in [-0.3, -0.25) is 9.69 Å². The van der Waals surface area contributed by atoms with Crippen LogP contribution in [0.5, 0.6) is 0 Å². The van der Waals surface area contributed by atoms with Gasteiger partial charge in [-0.25, -0.2) is 18.8 Å². The van der Waals surface area contributed by atoms with E-state index in [2.05, 4.69) is 25.6 Å². The third-order valence-electron chi connectivity index (χ3n) is 5.52. The Morgan fingerprint density at radius 2 is 2.06 bits per heavy atom. The minimum absolute atomic E-state index is 0.0414. The van der Waals surface area contributed by atoms with Crippen LogP contribution in [0.2, 0.25) is 0 Å². The fourth-order valence-corrected chi connectivity index (χ4v) is 4.42. The van der Waals surface area contributed by atoms with Crippen LogP contribution in [0.1, 0.15) is 17.7 Å². The number of hydrogen-bond acceptors (Lipinski definition) is 7. The van der Waals surface area contributed by atoms with Crippen LogP contribution in [0.25, 0.3) is 0 Å². The summed E-state index contributed by atoms with van der Waals surface area (Å²) in [6.45, 7) is -0.500. The lowest BCUT2D eigenvalue weighted by molar-refractivity contribution is -0.179. The average Bonchev–Trinajstić information content (AvgIpc) is 3.41. The van der Waals surface area contributed by atoms with Gasteiger partial charge < -0.3 is 5.32 Å². The maximum Gasteiger partial charge on any atom is 0.405 e. The van der Waals surface area contributed by atoms with E-state index >= 15 is 0 Å². The molecule has 0 saturated carbocycles. The van der Waals surface area contributed by atoms with Gasteiger partial charge in [0.25, 0.3) is 6.43 Å². The molecule has 168 valence electrons. The lowest BCUT2D eigenvalue weighted by Gasteiger charge is -2.43. The van der Waals surface area contributed by atoms with E-state index in [1.54, 1.807) is 0 Å². The van der Waals surface area contributed by atoms with Crippen LogP contribution in [0, 0.1) is 0 Å². The van der Waals surface area contributed by atoms with Gasteiger partial charge in [0.05, 0.1) is 35.7 Å². The highest BCUT2D eigenvalue weighted by atomic mass is 35.5. The lowest BCUT2D eigenvalue weighted by Crippen LogP contribution is -2.53. The monoisotopic (exact) mass is 472 g/mol. The number of anilines is 1. The van der Waals surface area contributed by atoms with Crippen LogP contribution in [0.15, 0.2) is 52.9 Å². The number of nitrogens with one attached hydrogen (secondary N) is 1. The fourth-order valence-electron chi connectivity index (χ4n) is 4.10. The van der Waals surface area contributed by atoms with Crippen molar-refractivity contribution in [1.29, 1.82) is 0 Å². The molecule has 0 amide bonds. The highest BCUT2D eigenvalue weighted by molar-refractivity contribution is 6.23. The van der Waals surface area contributed by atoms with Crippen molar-refractivity contribution in [1.82, 2.24) is 30.3 Å². The van der Waals surface area contributed by atoms with Gasteiger partial charge >= 0.3 is 6.18 Å². The minimum atomic E-state index is -4.74. The Hall–Kier alpha value is -3.22. The molecule has 14 heteroatoms. The Morgan fingerprint density at radius 3 is 2.72 bits per heavy atom. The van der Waals surface area contributed by atoms with E-state index < -0.39 is 35.8 Å². The second-order valence-electron chi connectivity index (χ2n) is 7.37. The second-order valence-corrected chi connectivity index (χ2v) is 7.82. The van der Waals surface area contributed by atoms with E-state index in [1.807, 2.05) is 0 Å². The van der Waals surface area contributed by atoms with Crippen molar-refractivity contribution in [2.45, 2.75) is 23.5 Å². The van der Waals surface area contributed by atoms with Crippen LogP contribution in [-0.4, -0.2) is 49.4 Å². The quantitative estimate of drug-likeness (QED) is 0.420. The van der Waals surface area contributed by atoms with Crippen LogP contribution in [0.4, 0.5) is 27.6 Å². The third-order valence-corrected chi connectivity index (χ3v) is 5.83. The molecular formula is C18H14ClF5N8. The van der Waals surface area contributed by atoms with Crippen molar-refractivity contribution in [3.63, 3.8) is 0 Å². The van der Waals surface area contributed by atoms with E-state index in [4.69, 9.17) is 11.6 Å². The summed E-state index contributed by atoms with van der Waals surface area (Å²) < 4.78 is 72.0. The molecule has 0 radical (unpaired) electrons. The topological polar surface area (TPSA) is 74.5 Å². The largest absolute Gasteiger partial charge is 0.405 e. The van der Waals surface area contributed by atoms with E-state index in [0.717, 1.165) is 18.5 Å². The molecule has 1 N–H and O–H groups in total. The molecule has 0 spiro atoms. The van der Waals surface area contributed by atoms with E-state index in [0.29, 0.717) is 0 Å². The van der Waals surface area contributed by atoms with E-state index in [9.17, 15) is 22.0 Å². The average molecular weight is 473 g/mol. The number of rotatable bonds is 3. The molecule has 5 rings (SSSR count). The Bertz CT molecular complexity index is 1170. The van der Waals surface area contributed by atoms with Crippen molar-refractivity contribution in [2.24, 2.45) is 12.0 Å². The van der Waals surface area contributed by atoms with E-state index in [1.165, 1.54) is 40.2 Å². The summed E-state index contributed by atoms with van der Waals surface area (Å²) in [6.07, 6.45) is -1.34. The zero-order chi connectivity index (χ0) is 22.8. The molecule has 0 saturated heterocycles. The Labute approximate surface area is 182 Å². The van der Waals surface area contributed by atoms with Gasteiger partial charge in [0, 0.05) is 25.4 Å². The number of allylic oxidation sites excluding steroid dienone is 1. The van der Waals surface area contributed by atoms with Crippen molar-refractivity contribution in [3.8, 4) is 0 Å². The van der Waals surface area contributed by atoms with Crippen LogP contribution in [0.3, 0.4) is 0 Å². The minimum Gasteiger partial charge on any atom is -0.381 e. The molecule has 5 heterocycles. The van der Waals surface area contributed by atoms with Gasteiger partial charge in [-0.15, -0.1) is 5.10 Å². The highest BCUT2D eigenvalue weighted by Gasteiger charge is 2.65. The summed E-state index contributed by atoms with van der Waals surface area (Å²) in [5.41, 5.74) is -4.23. The number of halogens is 6. The molecule has 2 atom stereocenters. The van der Waals surface area contributed by atoms with Gasteiger partial charge in [-0.05, 0) is 12.1 Å². The summed E-state index contributed by atoms with van der Waals surface area (Å²) in [7, 11) is 1.52. The van der Waals surface area contributed by atoms with Crippen molar-refractivity contribution < 1.29 is 22.0 Å². The van der Waals surface area contributed by atoms with Crippen LogP contribution < -0.4 is 10.3 Å². The molecule has 2 aromatic rings. The summed E-state index contributed by atoms with van der Waals surface area (Å²) in [4.78, 5) is 4.21. The first-order chi connectivity index (χ1) is 15.1. The standard InChI is InChI=1S/C18H14ClF5N8/c1-30-7-9(4-28-30)17(18(22,23)24)8-26-12-6-25-14-3-13(19)31(32(14)15(12)17)10-2-11(16(20)21)29-27-5-10/h2-7,13,16,26H,8H2,1H3/t13-,17?/m1/s1. The molecule has 0 aliphatic carbocycles. The van der Waals surface area contributed by atoms with Gasteiger partial charge in [-0.2, -0.15) is 23.4 Å². The van der Waals surface area contributed by atoms with Crippen LogP contribution >= 0.6 is 11.6 Å². The zero-order valence-corrected chi connectivity index (χ0v) is 17.0. The maximum atomic E-state index is 14.8. The highest BCUT2D eigenvalue weighted by Crippen LogP contribution is 2.54. The number of aromatic nitrogens is 4. The number of nitrogens with zero attached hydrogens (tertiary/aromatic N) is 7. The summed E-state index contributed by atoms with van der Waals surface area (Å²) in [5.74, 6) is 0.125. The number of aliphatic imine (C=N–C) groups is 1. The van der Waals surface area contributed by atoms with Crippen molar-refractivity contribution in [3.05, 3.63) is 59.2 Å². The van der Waals surface area contributed by atoms with Gasteiger partial charge in [-0.1, -0.05) is 11.6 Å². The first-order valence-electron chi connectivity index (χ1n) is 9.28. The summed E-state index contributed by atoms with van der Waals surface area (Å²) >= 11 is 6.42. The Kier molecular flexibility index (Phi) is 4.45. The summed E-state index contributed by atoms with van der Waals surface area (Å²) in [5, 5.41) is 16.1. The molecule has 8 nitrogen and oxygen atoms in total. The van der Waals surface area contributed by atoms with Crippen LogP contribution in [-0.2, 0) is 12.5 Å². The first kappa shape index (κ1) is 20.7. The van der Waals surface area contributed by atoms with Gasteiger partial charge in [0.1, 0.15) is 11.2 Å². The van der Waals surface area contributed by atoms with Gasteiger partial charge in [0.15, 0.2) is 11.2 Å². The van der Waals surface area contributed by atoms with Crippen molar-refractivity contribution in [2.75, 3.05) is 11.6 Å². The molecule has 2 aromatic heterocycles. The second kappa shape index (κ2) is 6.89. The molecule has 32 heavy (non-hydrogen) atoms. The number of aryl methyl sites for hydroxylation is 1. The Morgan fingerprint density at radius 1 is 1.28 bits per heavy atom. The predicted molar refractivity (Wildman–Crippen MR) is 103 cm³/mol. The molecule has 0 bridgehead atoms. The molecule has 0 fully saturated rings. The SMILES string of the molecule is Cn1cc(C2(C(F)(F)F)CNC3=C2N2C(=C[C@H](Cl)N2c2cnnc(C(F)F)c2)N=C3)cn1. The number of fused-ring (bicyclic) bond motifs is 2. The Balaban J connectivity index is 1.70. The molecule has 3 aliphatic heterocycles. The van der Waals surface area contributed by atoms with E-state index in [-0.39, 0.29) is 28.5 Å². The molecule has 3 aliphatic rings. The number of hydrazine groups is 1. The normalized spacial score (nSPS) is 24.8. The zero-order valence-electron chi connectivity index (χ0n) is 16.2. The van der Waals surface area contributed by atoms with Gasteiger partial charge in [0.2, 0.25) is 0 Å². The number of hydrogen-bond donors (Lipinski definition) is 1. The molecule has 1 unspecified atom stereocenters. The molecular weight excluding hydrogens is 459 g/mol. The fraction of sp³-hybridized carbons (Fsp3) is 0.333. The maximum absolute atomic E-state index is 14.8. The molecule has 0 aromatic carbocycles.